The molecule has 1 unspecified atom stereocenters. The van der Waals surface area contributed by atoms with E-state index in [-0.39, 0.29) is 39.7 Å². The van der Waals surface area contributed by atoms with Crippen LogP contribution >= 0.6 is 34.8 Å². The molecule has 278 valence electrons. The van der Waals surface area contributed by atoms with Gasteiger partial charge < -0.3 is 15.7 Å². The first-order valence-corrected chi connectivity index (χ1v) is 19.2. The van der Waals surface area contributed by atoms with Crippen LogP contribution in [-0.2, 0) is 35.1 Å². The molecule has 0 aliphatic carbocycles. The molecule has 0 fully saturated rings. The van der Waals surface area contributed by atoms with Gasteiger partial charge in [-0.2, -0.15) is 60.5 Å². The summed E-state index contributed by atoms with van der Waals surface area (Å²) < 4.78 is 98.9. The van der Waals surface area contributed by atoms with E-state index >= 15 is 0 Å². The van der Waals surface area contributed by atoms with Crippen molar-refractivity contribution in [2.45, 2.75) is 27.7 Å². The van der Waals surface area contributed by atoms with Crippen molar-refractivity contribution in [3.05, 3.63) is 69.4 Å². The second kappa shape index (κ2) is 14.5. The van der Waals surface area contributed by atoms with Gasteiger partial charge in [-0.25, -0.2) is 4.79 Å². The average molecular weight is 851 g/mol. The van der Waals surface area contributed by atoms with Gasteiger partial charge in [0.15, 0.2) is 6.04 Å². The quantitative estimate of drug-likeness (QED) is 0.0884. The molecule has 0 saturated heterocycles. The fourth-order valence-electron chi connectivity index (χ4n) is 4.43. The molecule has 0 spiro atoms. The number of amides is 1. The lowest BCUT2D eigenvalue weighted by Gasteiger charge is -2.15. The number of halogens is 3. The molecule has 1 aliphatic heterocycles. The van der Waals surface area contributed by atoms with Gasteiger partial charge in [-0.3, -0.25) is 18.5 Å². The van der Waals surface area contributed by atoms with Crippen molar-refractivity contribution in [3.8, 4) is 0 Å². The maximum absolute atomic E-state index is 13.3. The number of benzene rings is 3. The maximum atomic E-state index is 13.3. The van der Waals surface area contributed by atoms with Gasteiger partial charge in [0.25, 0.3) is 36.3 Å². The number of hydrogen-bond donors (Lipinski definition) is 6. The number of aromatic carboxylic acids is 1. The molecule has 5 rings (SSSR count). The summed E-state index contributed by atoms with van der Waals surface area (Å²) in [6, 6.07) is 6.04. The topological polar surface area (TPSA) is 321 Å². The molecule has 3 aromatic carbocycles. The van der Waals surface area contributed by atoms with E-state index in [4.69, 9.17) is 34.8 Å². The van der Waals surface area contributed by atoms with Crippen LogP contribution in [0.1, 0.15) is 17.3 Å². The number of nitrogens with zero attached hydrogens (tertiary/aromatic N) is 7. The van der Waals surface area contributed by atoms with Gasteiger partial charge in [-0.05, 0) is 67.1 Å². The van der Waals surface area contributed by atoms with Crippen molar-refractivity contribution in [2.24, 2.45) is 15.3 Å². The van der Waals surface area contributed by atoms with Crippen molar-refractivity contribution >= 4 is 117 Å². The number of rotatable bonds is 11. The van der Waals surface area contributed by atoms with Crippen LogP contribution in [0.15, 0.2) is 78.5 Å². The Morgan fingerprint density at radius 2 is 1.45 bits per heavy atom. The zero-order chi connectivity index (χ0) is 39.2. The van der Waals surface area contributed by atoms with Crippen molar-refractivity contribution in [1.29, 1.82) is 0 Å². The number of carbonyl (C=O) groups excluding carboxylic acids is 1. The first kappa shape index (κ1) is 39.3. The molecule has 2 heterocycles. The highest BCUT2D eigenvalue weighted by Crippen LogP contribution is 2.37. The maximum Gasteiger partial charge on any atom is 0.337 e. The fourth-order valence-corrected chi connectivity index (χ4v) is 7.03. The minimum atomic E-state index is -4.93. The number of azo groups is 1. The third-order valence-corrected chi connectivity index (χ3v) is 10.3. The first-order chi connectivity index (χ1) is 24.5. The molecule has 6 N–H and O–H groups in total. The summed E-state index contributed by atoms with van der Waals surface area (Å²) in [5.41, 5.74) is -1.46. The summed E-state index contributed by atoms with van der Waals surface area (Å²) in [6.45, 7) is 1.36. The molecule has 0 radical (unpaired) electrons. The van der Waals surface area contributed by atoms with E-state index in [1.54, 1.807) is 0 Å². The summed E-state index contributed by atoms with van der Waals surface area (Å²) in [5, 5.41) is 26.0. The van der Waals surface area contributed by atoms with E-state index in [0.717, 1.165) is 47.5 Å². The number of carboxylic acids is 1. The van der Waals surface area contributed by atoms with E-state index in [9.17, 15) is 53.6 Å². The second-order valence-corrected chi connectivity index (χ2v) is 15.7. The van der Waals surface area contributed by atoms with Crippen LogP contribution < -0.4 is 15.6 Å². The van der Waals surface area contributed by atoms with Crippen LogP contribution in [0.25, 0.3) is 0 Å². The van der Waals surface area contributed by atoms with Crippen molar-refractivity contribution in [2.75, 3.05) is 15.6 Å². The molecule has 0 bridgehead atoms. The Bertz CT molecular complexity index is 2630. The summed E-state index contributed by atoms with van der Waals surface area (Å²) in [7, 11) is -14.4. The fraction of sp³-hybridized carbons (Fsp3) is 0.0769. The van der Waals surface area contributed by atoms with Crippen LogP contribution in [0.5, 0.6) is 0 Å². The molecule has 21 nitrogen and oxygen atoms in total. The first-order valence-electron chi connectivity index (χ1n) is 13.7. The van der Waals surface area contributed by atoms with Gasteiger partial charge >= 0.3 is 5.97 Å². The molecule has 27 heteroatoms. The summed E-state index contributed by atoms with van der Waals surface area (Å²) in [6.07, 6.45) is 0. The zero-order valence-electron chi connectivity index (χ0n) is 25.7. The molecule has 0 saturated carbocycles. The molecule has 1 aromatic heterocycles. The molecule has 1 atom stereocenters. The van der Waals surface area contributed by atoms with Crippen LogP contribution in [0.2, 0.25) is 15.3 Å². The number of hydrazone groups is 1. The number of aromatic nitrogens is 3. The molecular formula is C26H18Cl3N9O12S3. The third kappa shape index (κ3) is 8.83. The van der Waals surface area contributed by atoms with Crippen LogP contribution in [0, 0.1) is 0 Å². The Morgan fingerprint density at radius 1 is 0.811 bits per heavy atom. The van der Waals surface area contributed by atoms with Crippen molar-refractivity contribution in [1.82, 2.24) is 15.0 Å². The molecular weight excluding hydrogens is 833 g/mol. The Hall–Kier alpha value is -4.92. The van der Waals surface area contributed by atoms with E-state index in [1.807, 2.05) is 0 Å². The highest BCUT2D eigenvalue weighted by atomic mass is 35.5. The Morgan fingerprint density at radius 3 is 2.06 bits per heavy atom. The normalized spacial score (nSPS) is 15.2. The van der Waals surface area contributed by atoms with Crippen LogP contribution in [0.3, 0.4) is 0 Å². The third-order valence-electron chi connectivity index (χ3n) is 6.75. The van der Waals surface area contributed by atoms with Crippen molar-refractivity contribution < 1.29 is 53.6 Å². The Balaban J connectivity index is 1.43. The van der Waals surface area contributed by atoms with Gasteiger partial charge in [0.2, 0.25) is 17.2 Å². The number of carbonyl (C=O) groups is 2. The van der Waals surface area contributed by atoms with E-state index in [2.05, 4.69) is 40.9 Å². The highest BCUT2D eigenvalue weighted by Gasteiger charge is 2.36. The van der Waals surface area contributed by atoms with E-state index < -0.39 is 84.5 Å². The molecule has 53 heavy (non-hydrogen) atoms. The summed E-state index contributed by atoms with van der Waals surface area (Å²) in [5.74, 6) is -3.11. The number of carboxylic acid groups (broad SMARTS) is 1. The lowest BCUT2D eigenvalue weighted by molar-refractivity contribution is -0.117. The van der Waals surface area contributed by atoms with Crippen molar-refractivity contribution in [3.63, 3.8) is 0 Å². The van der Waals surface area contributed by atoms with Gasteiger partial charge in [-0.1, -0.05) is 23.2 Å². The largest absolute Gasteiger partial charge is 0.478 e. The Labute approximate surface area is 312 Å². The Kier molecular flexibility index (Phi) is 10.7. The highest BCUT2D eigenvalue weighted by molar-refractivity contribution is 7.86. The second-order valence-electron chi connectivity index (χ2n) is 10.4. The predicted octanol–water partition coefficient (Wildman–Crippen LogP) is 4.63. The lowest BCUT2D eigenvalue weighted by Crippen LogP contribution is -2.30. The van der Waals surface area contributed by atoms with E-state index in [0.29, 0.717) is 6.07 Å². The van der Waals surface area contributed by atoms with Gasteiger partial charge in [-0.15, -0.1) is 0 Å². The summed E-state index contributed by atoms with van der Waals surface area (Å²) in [4.78, 5) is 34.6. The SMILES string of the molecule is CC1=NN(c2cc(Cl)c(S(=O)(=O)O)cc2Cl)C(=O)C1N=Nc1cc(Nc2nc(Cl)nc(Nc3ccc(S(=O)(=O)O)cc3C(=O)O)n2)ccc1S(=O)(=O)O. The standard InChI is InChI=1S/C26H18Cl3N9O12S3/c1-10-21(22(39)38(37-10)18-8-15(28)20(9-14(18)27)53(48,49)50)36-35-17-6-11(2-5-19(17)52(45,46)47)30-25-32-24(29)33-26(34-25)31-16-4-3-12(51(42,43)44)7-13(16)23(40)41/h2-9,21H,1H3,(H,40,41)(H,42,43,44)(H,45,46,47)(H,48,49,50)(H2,30,31,32,33,34). The van der Waals surface area contributed by atoms with Gasteiger partial charge in [0.1, 0.15) is 15.5 Å². The minimum absolute atomic E-state index is 0.00779. The molecule has 1 aliphatic rings. The van der Waals surface area contributed by atoms with Gasteiger partial charge in [0.05, 0.1) is 37.6 Å². The number of hydrogen-bond acceptors (Lipinski definition) is 16. The van der Waals surface area contributed by atoms with Crippen LogP contribution in [-0.4, -0.2) is 82.6 Å². The number of nitrogens with one attached hydrogen (secondary N) is 2. The zero-order valence-corrected chi connectivity index (χ0v) is 30.5. The average Bonchev–Trinajstić information content (AvgIpc) is 3.31. The van der Waals surface area contributed by atoms with Gasteiger partial charge in [0, 0.05) is 5.69 Å². The number of anilines is 5. The summed E-state index contributed by atoms with van der Waals surface area (Å²) >= 11 is 18.1. The van der Waals surface area contributed by atoms with Crippen LogP contribution in [0.4, 0.5) is 34.6 Å². The molecule has 4 aromatic rings. The van der Waals surface area contributed by atoms with E-state index in [1.165, 1.54) is 6.92 Å². The predicted molar refractivity (Wildman–Crippen MR) is 186 cm³/mol. The minimum Gasteiger partial charge on any atom is -0.478 e. The monoisotopic (exact) mass is 849 g/mol. The lowest BCUT2D eigenvalue weighted by atomic mass is 10.2. The smallest absolute Gasteiger partial charge is 0.337 e. The molecule has 1 amide bonds.